The summed E-state index contributed by atoms with van der Waals surface area (Å²) in [6.45, 7) is 7.17. The van der Waals surface area contributed by atoms with Gasteiger partial charge in [0.2, 0.25) is 0 Å². The van der Waals surface area contributed by atoms with E-state index < -0.39 is 0 Å². The number of aryl methyl sites for hydroxylation is 1. The largest absolute Gasteiger partial charge is 0.385 e. The number of hydrogen-bond acceptors (Lipinski definition) is 3. The maximum atomic E-state index is 5.02. The second-order valence-corrected chi connectivity index (χ2v) is 4.74. The van der Waals surface area contributed by atoms with E-state index in [2.05, 4.69) is 30.5 Å². The van der Waals surface area contributed by atoms with Crippen LogP contribution in [0.15, 0.2) is 6.20 Å². The van der Waals surface area contributed by atoms with Crippen molar-refractivity contribution in [1.29, 1.82) is 0 Å². The standard InChI is InChI=1S/C13H25N3O/c1-11(2)13-12(10-16(3)15-13)9-14-7-5-6-8-17-4/h10-11,14H,5-9H2,1-4H3. The average molecular weight is 239 g/mol. The van der Waals surface area contributed by atoms with Crippen LogP contribution in [0.4, 0.5) is 0 Å². The molecule has 0 spiro atoms. The lowest BCUT2D eigenvalue weighted by Crippen LogP contribution is -2.16. The van der Waals surface area contributed by atoms with Crippen LogP contribution in [-0.2, 0) is 18.3 Å². The monoisotopic (exact) mass is 239 g/mol. The van der Waals surface area contributed by atoms with Gasteiger partial charge in [0.1, 0.15) is 0 Å². The van der Waals surface area contributed by atoms with Crippen molar-refractivity contribution in [2.75, 3.05) is 20.3 Å². The molecule has 0 amide bonds. The number of rotatable bonds is 8. The van der Waals surface area contributed by atoms with Crippen LogP contribution in [-0.4, -0.2) is 30.0 Å². The zero-order valence-electron chi connectivity index (χ0n) is 11.5. The normalized spacial score (nSPS) is 11.4. The summed E-state index contributed by atoms with van der Waals surface area (Å²) in [5.74, 6) is 0.487. The topological polar surface area (TPSA) is 39.1 Å². The lowest BCUT2D eigenvalue weighted by atomic mass is 10.1. The van der Waals surface area contributed by atoms with Gasteiger partial charge in [-0.2, -0.15) is 5.10 Å². The predicted octanol–water partition coefficient (Wildman–Crippen LogP) is 2.06. The summed E-state index contributed by atoms with van der Waals surface area (Å²) in [5, 5.41) is 7.96. The molecule has 0 saturated carbocycles. The second-order valence-electron chi connectivity index (χ2n) is 4.74. The molecule has 0 unspecified atom stereocenters. The highest BCUT2D eigenvalue weighted by Crippen LogP contribution is 2.16. The zero-order chi connectivity index (χ0) is 12.7. The van der Waals surface area contributed by atoms with E-state index in [4.69, 9.17) is 4.74 Å². The third-order valence-electron chi connectivity index (χ3n) is 2.75. The van der Waals surface area contributed by atoms with Crippen molar-refractivity contribution in [2.45, 2.75) is 39.2 Å². The molecule has 1 heterocycles. The van der Waals surface area contributed by atoms with Gasteiger partial charge < -0.3 is 10.1 Å². The summed E-state index contributed by atoms with van der Waals surface area (Å²) in [6.07, 6.45) is 4.39. The van der Waals surface area contributed by atoms with Crippen LogP contribution < -0.4 is 5.32 Å². The van der Waals surface area contributed by atoms with Crippen LogP contribution in [0.2, 0.25) is 0 Å². The summed E-state index contributed by atoms with van der Waals surface area (Å²) in [6, 6.07) is 0. The molecule has 4 heteroatoms. The Kier molecular flexibility index (Phi) is 6.22. The molecule has 0 aliphatic rings. The zero-order valence-corrected chi connectivity index (χ0v) is 11.5. The van der Waals surface area contributed by atoms with Crippen molar-refractivity contribution in [3.8, 4) is 0 Å². The first-order chi connectivity index (χ1) is 8.15. The molecular formula is C13H25N3O. The third-order valence-corrected chi connectivity index (χ3v) is 2.75. The number of ether oxygens (including phenoxy) is 1. The van der Waals surface area contributed by atoms with E-state index in [9.17, 15) is 0 Å². The smallest absolute Gasteiger partial charge is 0.0694 e. The summed E-state index contributed by atoms with van der Waals surface area (Å²) in [4.78, 5) is 0. The molecule has 1 N–H and O–H groups in total. The van der Waals surface area contributed by atoms with E-state index in [1.165, 1.54) is 11.3 Å². The Morgan fingerprint density at radius 3 is 2.82 bits per heavy atom. The van der Waals surface area contributed by atoms with Gasteiger partial charge in [-0.05, 0) is 25.3 Å². The van der Waals surface area contributed by atoms with E-state index in [1.807, 2.05) is 11.7 Å². The minimum atomic E-state index is 0.487. The predicted molar refractivity (Wildman–Crippen MR) is 70.1 cm³/mol. The maximum Gasteiger partial charge on any atom is 0.0694 e. The van der Waals surface area contributed by atoms with Crippen molar-refractivity contribution in [3.05, 3.63) is 17.5 Å². The van der Waals surface area contributed by atoms with Crippen molar-refractivity contribution >= 4 is 0 Å². The van der Waals surface area contributed by atoms with Crippen LogP contribution >= 0.6 is 0 Å². The average Bonchev–Trinajstić information content (AvgIpc) is 2.65. The Hall–Kier alpha value is -0.870. The van der Waals surface area contributed by atoms with E-state index in [0.29, 0.717) is 5.92 Å². The third kappa shape index (κ3) is 4.88. The molecule has 1 rings (SSSR count). The Morgan fingerprint density at radius 1 is 1.41 bits per heavy atom. The Morgan fingerprint density at radius 2 is 2.18 bits per heavy atom. The summed E-state index contributed by atoms with van der Waals surface area (Å²) < 4.78 is 6.92. The molecule has 0 radical (unpaired) electrons. The van der Waals surface area contributed by atoms with Gasteiger partial charge in [-0.25, -0.2) is 0 Å². The summed E-state index contributed by atoms with van der Waals surface area (Å²) >= 11 is 0. The van der Waals surface area contributed by atoms with Crippen LogP contribution in [0.25, 0.3) is 0 Å². The molecule has 0 aliphatic carbocycles. The molecule has 0 atom stereocenters. The number of aromatic nitrogens is 2. The van der Waals surface area contributed by atoms with E-state index in [1.54, 1.807) is 7.11 Å². The molecule has 4 nitrogen and oxygen atoms in total. The quantitative estimate of drug-likeness (QED) is 0.706. The van der Waals surface area contributed by atoms with Gasteiger partial charge in [0.05, 0.1) is 5.69 Å². The molecule has 1 aromatic heterocycles. The van der Waals surface area contributed by atoms with Crippen LogP contribution in [0.5, 0.6) is 0 Å². The molecule has 0 fully saturated rings. The fourth-order valence-corrected chi connectivity index (χ4v) is 1.90. The van der Waals surface area contributed by atoms with Gasteiger partial charge in [-0.1, -0.05) is 13.8 Å². The van der Waals surface area contributed by atoms with Crippen LogP contribution in [0.1, 0.15) is 43.9 Å². The van der Waals surface area contributed by atoms with Crippen molar-refractivity contribution < 1.29 is 4.74 Å². The fourth-order valence-electron chi connectivity index (χ4n) is 1.90. The van der Waals surface area contributed by atoms with Crippen molar-refractivity contribution in [1.82, 2.24) is 15.1 Å². The highest BCUT2D eigenvalue weighted by molar-refractivity contribution is 5.19. The van der Waals surface area contributed by atoms with E-state index in [-0.39, 0.29) is 0 Å². The van der Waals surface area contributed by atoms with E-state index >= 15 is 0 Å². The van der Waals surface area contributed by atoms with Gasteiger partial charge in [-0.15, -0.1) is 0 Å². The first kappa shape index (κ1) is 14.2. The van der Waals surface area contributed by atoms with Crippen molar-refractivity contribution in [2.24, 2.45) is 7.05 Å². The lowest BCUT2D eigenvalue weighted by Gasteiger charge is -2.06. The Labute approximate surface area is 104 Å². The molecule has 0 aromatic carbocycles. The van der Waals surface area contributed by atoms with E-state index in [0.717, 1.165) is 32.5 Å². The molecule has 1 aromatic rings. The molecule has 98 valence electrons. The number of methoxy groups -OCH3 is 1. The highest BCUT2D eigenvalue weighted by atomic mass is 16.5. The number of hydrogen-bond donors (Lipinski definition) is 1. The summed E-state index contributed by atoms with van der Waals surface area (Å²) in [5.41, 5.74) is 2.52. The lowest BCUT2D eigenvalue weighted by molar-refractivity contribution is 0.192. The van der Waals surface area contributed by atoms with Crippen LogP contribution in [0, 0.1) is 0 Å². The van der Waals surface area contributed by atoms with Crippen molar-refractivity contribution in [3.63, 3.8) is 0 Å². The van der Waals surface area contributed by atoms with Gasteiger partial charge in [0.25, 0.3) is 0 Å². The molecule has 0 saturated heterocycles. The minimum absolute atomic E-state index is 0.487. The number of unbranched alkanes of at least 4 members (excludes halogenated alkanes) is 1. The molecule has 0 aliphatic heterocycles. The first-order valence-corrected chi connectivity index (χ1v) is 6.37. The Balaban J connectivity index is 2.31. The number of nitrogens with one attached hydrogen (secondary N) is 1. The van der Waals surface area contributed by atoms with Gasteiger partial charge >= 0.3 is 0 Å². The van der Waals surface area contributed by atoms with Crippen LogP contribution in [0.3, 0.4) is 0 Å². The SMILES string of the molecule is COCCCCNCc1cn(C)nc1C(C)C. The number of nitrogens with zero attached hydrogens (tertiary/aromatic N) is 2. The minimum Gasteiger partial charge on any atom is -0.385 e. The maximum absolute atomic E-state index is 5.02. The van der Waals surface area contributed by atoms with Gasteiger partial charge in [-0.3, -0.25) is 4.68 Å². The molecule has 17 heavy (non-hydrogen) atoms. The highest BCUT2D eigenvalue weighted by Gasteiger charge is 2.10. The second kappa shape index (κ2) is 7.45. The Bertz CT molecular complexity index is 320. The molecular weight excluding hydrogens is 214 g/mol. The van der Waals surface area contributed by atoms with Gasteiger partial charge in [0, 0.05) is 39.1 Å². The van der Waals surface area contributed by atoms with Gasteiger partial charge in [0.15, 0.2) is 0 Å². The molecule has 0 bridgehead atoms. The first-order valence-electron chi connectivity index (χ1n) is 6.37. The fraction of sp³-hybridized carbons (Fsp3) is 0.769. The summed E-state index contributed by atoms with van der Waals surface area (Å²) in [7, 11) is 3.73.